The first-order valence-corrected chi connectivity index (χ1v) is 19.0. The number of nitrogens with zero attached hydrogens (tertiary/aromatic N) is 2. The van der Waals surface area contributed by atoms with Gasteiger partial charge < -0.3 is 14.2 Å². The van der Waals surface area contributed by atoms with Gasteiger partial charge in [0.1, 0.15) is 0 Å². The summed E-state index contributed by atoms with van der Waals surface area (Å²) in [6, 6.07) is 67.6. The van der Waals surface area contributed by atoms with Gasteiger partial charge in [-0.15, -0.1) is 0 Å². The van der Waals surface area contributed by atoms with Gasteiger partial charge in [0.05, 0.1) is 16.7 Å². The fourth-order valence-electron chi connectivity index (χ4n) is 8.09. The Morgan fingerprint density at radius 2 is 0.927 bits per heavy atom. The lowest BCUT2D eigenvalue weighted by molar-refractivity contribution is 0.473. The van der Waals surface area contributed by atoms with Gasteiger partial charge in [0.15, 0.2) is 11.5 Å². The summed E-state index contributed by atoms with van der Waals surface area (Å²) in [7, 11) is 0. The summed E-state index contributed by atoms with van der Waals surface area (Å²) in [6.07, 6.45) is 0. The molecule has 0 saturated heterocycles. The standard InChI is InChI=1S/C52H40N2O/c1-52(2,3)40-33-46-45-18-12-17-44(50(45)54-47-19-10-11-20-48(47)55-49(34-40)51(46)54)39-25-31-43(32-26-39)53(41-27-21-37(22-28-41)35-13-6-4-7-14-35)42-29-23-38(24-30-42)36-15-8-5-9-16-36/h4-34H,1-3H3. The zero-order valence-electron chi connectivity index (χ0n) is 31.2. The van der Waals surface area contributed by atoms with Gasteiger partial charge in [0.25, 0.3) is 0 Å². The lowest BCUT2D eigenvalue weighted by Gasteiger charge is -2.26. The molecule has 3 heteroatoms. The molecule has 1 aliphatic heterocycles. The summed E-state index contributed by atoms with van der Waals surface area (Å²) in [5, 5.41) is 2.44. The van der Waals surface area contributed by atoms with Crippen molar-refractivity contribution in [3.8, 4) is 50.6 Å². The van der Waals surface area contributed by atoms with Crippen LogP contribution in [0.1, 0.15) is 26.3 Å². The van der Waals surface area contributed by atoms with Crippen molar-refractivity contribution in [1.82, 2.24) is 4.57 Å². The fraction of sp³-hybridized carbons (Fsp3) is 0.0769. The fourth-order valence-corrected chi connectivity index (χ4v) is 8.09. The van der Waals surface area contributed by atoms with Crippen LogP contribution in [0.15, 0.2) is 188 Å². The van der Waals surface area contributed by atoms with Gasteiger partial charge >= 0.3 is 0 Å². The summed E-state index contributed by atoms with van der Waals surface area (Å²) in [6.45, 7) is 6.80. The molecule has 0 amide bonds. The third-order valence-electron chi connectivity index (χ3n) is 10.9. The van der Waals surface area contributed by atoms with Gasteiger partial charge in [-0.1, -0.05) is 148 Å². The Morgan fingerprint density at radius 3 is 1.49 bits per heavy atom. The Bertz CT molecular complexity index is 2750. The molecule has 0 N–H and O–H groups in total. The Hall–Kier alpha value is -6.84. The maximum absolute atomic E-state index is 6.63. The minimum Gasteiger partial charge on any atom is -0.453 e. The summed E-state index contributed by atoms with van der Waals surface area (Å²) < 4.78 is 9.05. The van der Waals surface area contributed by atoms with E-state index in [1.807, 2.05) is 0 Å². The first kappa shape index (κ1) is 32.8. The number of hydrogen-bond acceptors (Lipinski definition) is 2. The van der Waals surface area contributed by atoms with Crippen LogP contribution in [0.2, 0.25) is 0 Å². The molecule has 0 spiro atoms. The predicted molar refractivity (Wildman–Crippen MR) is 231 cm³/mol. The zero-order valence-corrected chi connectivity index (χ0v) is 31.2. The molecule has 0 saturated carbocycles. The monoisotopic (exact) mass is 708 g/mol. The summed E-state index contributed by atoms with van der Waals surface area (Å²) in [4.78, 5) is 2.34. The SMILES string of the molecule is CC(C)(C)c1cc2c3c(c1)c1cccc(-c4ccc(N(c5ccc(-c6ccccc6)cc5)c5ccc(-c6ccccc6)cc5)cc4)c1n3-c1ccccc1O2. The molecule has 0 aliphatic carbocycles. The van der Waals surface area contributed by atoms with Gasteiger partial charge in [-0.05, 0) is 99.5 Å². The number of fused-ring (bicyclic) bond motifs is 5. The summed E-state index contributed by atoms with van der Waals surface area (Å²) >= 11 is 0. The van der Waals surface area contributed by atoms with Crippen molar-refractivity contribution < 1.29 is 4.74 Å². The van der Waals surface area contributed by atoms with Gasteiger partial charge in [-0.25, -0.2) is 0 Å². The minimum absolute atomic E-state index is 0.0253. The van der Waals surface area contributed by atoms with E-state index in [0.29, 0.717) is 0 Å². The molecular formula is C52H40N2O. The highest BCUT2D eigenvalue weighted by Crippen LogP contribution is 2.49. The van der Waals surface area contributed by atoms with E-state index < -0.39 is 0 Å². The van der Waals surface area contributed by atoms with Crippen molar-refractivity contribution in [1.29, 1.82) is 0 Å². The lowest BCUT2D eigenvalue weighted by atomic mass is 9.86. The van der Waals surface area contributed by atoms with Crippen LogP contribution in [0.3, 0.4) is 0 Å². The van der Waals surface area contributed by atoms with Crippen molar-refractivity contribution in [2.24, 2.45) is 0 Å². The van der Waals surface area contributed by atoms with Crippen molar-refractivity contribution >= 4 is 38.9 Å². The van der Waals surface area contributed by atoms with Crippen molar-refractivity contribution in [3.63, 3.8) is 0 Å². The second-order valence-electron chi connectivity index (χ2n) is 15.4. The van der Waals surface area contributed by atoms with E-state index in [-0.39, 0.29) is 5.41 Å². The minimum atomic E-state index is -0.0253. The molecule has 1 aromatic heterocycles. The maximum atomic E-state index is 6.63. The van der Waals surface area contributed by atoms with E-state index in [1.165, 1.54) is 49.7 Å². The van der Waals surface area contributed by atoms with Crippen LogP contribution in [0.5, 0.6) is 11.5 Å². The van der Waals surface area contributed by atoms with Gasteiger partial charge in [-0.3, -0.25) is 0 Å². The van der Waals surface area contributed by atoms with E-state index in [0.717, 1.165) is 45.3 Å². The highest BCUT2D eigenvalue weighted by Gasteiger charge is 2.28. The summed E-state index contributed by atoms with van der Waals surface area (Å²) in [5.74, 6) is 1.78. The molecule has 0 atom stereocenters. The van der Waals surface area contributed by atoms with Crippen LogP contribution >= 0.6 is 0 Å². The van der Waals surface area contributed by atoms with E-state index in [9.17, 15) is 0 Å². The quantitative estimate of drug-likeness (QED) is 0.171. The smallest absolute Gasteiger partial charge is 0.152 e. The molecule has 0 bridgehead atoms. The number of anilines is 3. The molecule has 0 fully saturated rings. The van der Waals surface area contributed by atoms with Crippen LogP contribution in [-0.4, -0.2) is 4.57 Å². The molecule has 264 valence electrons. The van der Waals surface area contributed by atoms with Crippen molar-refractivity contribution in [2.75, 3.05) is 4.90 Å². The molecule has 3 nitrogen and oxygen atoms in total. The van der Waals surface area contributed by atoms with Crippen LogP contribution in [0.4, 0.5) is 17.1 Å². The van der Waals surface area contributed by atoms with Gasteiger partial charge in [0.2, 0.25) is 0 Å². The molecule has 0 unspecified atom stereocenters. The van der Waals surface area contributed by atoms with Crippen LogP contribution in [0, 0.1) is 0 Å². The molecule has 10 rings (SSSR count). The average molecular weight is 709 g/mol. The molecule has 8 aromatic carbocycles. The van der Waals surface area contributed by atoms with Crippen LogP contribution in [0.25, 0.3) is 60.9 Å². The van der Waals surface area contributed by atoms with E-state index >= 15 is 0 Å². The van der Waals surface area contributed by atoms with E-state index in [4.69, 9.17) is 4.74 Å². The number of rotatable bonds is 6. The third kappa shape index (κ3) is 5.68. The Morgan fingerprint density at radius 1 is 0.418 bits per heavy atom. The molecule has 55 heavy (non-hydrogen) atoms. The number of ether oxygens (including phenoxy) is 1. The molecule has 0 radical (unpaired) electrons. The maximum Gasteiger partial charge on any atom is 0.152 e. The summed E-state index contributed by atoms with van der Waals surface area (Å²) in [5.41, 5.74) is 15.1. The zero-order chi connectivity index (χ0) is 37.1. The number of aromatic nitrogens is 1. The normalized spacial score (nSPS) is 12.1. The highest BCUT2D eigenvalue weighted by molar-refractivity contribution is 6.16. The Kier molecular flexibility index (Phi) is 7.71. The number of hydrogen-bond donors (Lipinski definition) is 0. The van der Waals surface area contributed by atoms with Gasteiger partial charge in [0, 0.05) is 33.4 Å². The Labute approximate surface area is 322 Å². The molecule has 1 aliphatic rings. The second-order valence-corrected chi connectivity index (χ2v) is 15.4. The topological polar surface area (TPSA) is 17.4 Å². The van der Waals surface area contributed by atoms with Crippen LogP contribution in [-0.2, 0) is 5.41 Å². The van der Waals surface area contributed by atoms with Crippen molar-refractivity contribution in [3.05, 3.63) is 194 Å². The largest absolute Gasteiger partial charge is 0.453 e. The van der Waals surface area contributed by atoms with Gasteiger partial charge in [-0.2, -0.15) is 0 Å². The Balaban J connectivity index is 1.11. The number of para-hydroxylation sites is 3. The molecule has 9 aromatic rings. The third-order valence-corrected chi connectivity index (χ3v) is 10.9. The average Bonchev–Trinajstić information content (AvgIpc) is 3.58. The van der Waals surface area contributed by atoms with E-state index in [2.05, 4.69) is 218 Å². The van der Waals surface area contributed by atoms with Crippen molar-refractivity contribution in [2.45, 2.75) is 26.2 Å². The first-order chi connectivity index (χ1) is 26.9. The van der Waals surface area contributed by atoms with E-state index in [1.54, 1.807) is 0 Å². The predicted octanol–water partition coefficient (Wildman–Crippen LogP) is 14.7. The number of benzene rings is 8. The first-order valence-electron chi connectivity index (χ1n) is 19.0. The molecule has 2 heterocycles. The van der Waals surface area contributed by atoms with Crippen LogP contribution < -0.4 is 9.64 Å². The second kappa shape index (κ2) is 12.9. The lowest BCUT2D eigenvalue weighted by Crippen LogP contribution is -2.12. The molecular weight excluding hydrogens is 669 g/mol. The highest BCUT2D eigenvalue weighted by atomic mass is 16.5.